The number of hydrogen-bond donors (Lipinski definition) is 1. The van der Waals surface area contributed by atoms with Crippen molar-refractivity contribution in [1.29, 1.82) is 0 Å². The standard InChI is InChI=1S/C42H61N3O2/c1-11-12-21-47-36(46)42-19-17-37(4,5)24-31(42)34-29(28-14-13-26(2)43-25-28)22-33-39(8)23-30-27(3)44-45-35(30)38(6,7)32(39)15-16-40(33,9)41(34,10)18-20-42/h13-14,25,31-33H,11-12,15-24H2,1-10H3,(H,44,45)/t31-,32-,33?,39-,40+,41+,42-/m0/s1. The minimum absolute atomic E-state index is 0.00867. The number of fused-ring (bicyclic) bond motifs is 8. The van der Waals surface area contributed by atoms with Crippen LogP contribution in [-0.2, 0) is 21.4 Å². The number of nitrogens with one attached hydrogen (secondary N) is 1. The zero-order valence-corrected chi connectivity index (χ0v) is 31.2. The fourth-order valence-corrected chi connectivity index (χ4v) is 12.6. The molecule has 0 spiro atoms. The van der Waals surface area contributed by atoms with Crippen molar-refractivity contribution in [3.63, 3.8) is 0 Å². The van der Waals surface area contributed by atoms with Crippen LogP contribution in [0.15, 0.2) is 23.9 Å². The zero-order valence-electron chi connectivity index (χ0n) is 31.2. The molecule has 0 amide bonds. The molecule has 1 unspecified atom stereocenters. The van der Waals surface area contributed by atoms with Crippen molar-refractivity contribution < 1.29 is 9.53 Å². The molecule has 3 saturated carbocycles. The quantitative estimate of drug-likeness (QED) is 0.261. The summed E-state index contributed by atoms with van der Waals surface area (Å²) in [7, 11) is 0. The average molecular weight is 640 g/mol. The third-order valence-electron chi connectivity index (χ3n) is 15.5. The molecule has 1 N–H and O–H groups in total. The summed E-state index contributed by atoms with van der Waals surface area (Å²) in [4.78, 5) is 19.3. The topological polar surface area (TPSA) is 67.9 Å². The van der Waals surface area contributed by atoms with Crippen molar-refractivity contribution in [3.8, 4) is 0 Å². The Kier molecular flexibility index (Phi) is 7.59. The molecule has 0 bridgehead atoms. The number of aromatic amines is 1. The van der Waals surface area contributed by atoms with Crippen molar-refractivity contribution in [3.05, 3.63) is 52.1 Å². The average Bonchev–Trinajstić information content (AvgIpc) is 3.38. The predicted octanol–water partition coefficient (Wildman–Crippen LogP) is 10.1. The summed E-state index contributed by atoms with van der Waals surface area (Å²) in [6.45, 7) is 24.8. The second-order valence-corrected chi connectivity index (χ2v) is 18.8. The highest BCUT2D eigenvalue weighted by Crippen LogP contribution is 2.77. The van der Waals surface area contributed by atoms with Crippen LogP contribution >= 0.6 is 0 Å². The lowest BCUT2D eigenvalue weighted by atomic mass is 9.32. The van der Waals surface area contributed by atoms with Gasteiger partial charge < -0.3 is 4.74 Å². The van der Waals surface area contributed by atoms with E-state index in [4.69, 9.17) is 14.8 Å². The minimum atomic E-state index is -0.429. The molecule has 47 heavy (non-hydrogen) atoms. The lowest BCUT2D eigenvalue weighted by Gasteiger charge is -2.71. The van der Waals surface area contributed by atoms with Crippen LogP contribution in [0, 0.1) is 58.7 Å². The second kappa shape index (κ2) is 10.8. The van der Waals surface area contributed by atoms with Gasteiger partial charge >= 0.3 is 5.97 Å². The first-order valence-electron chi connectivity index (χ1n) is 18.9. The van der Waals surface area contributed by atoms with Crippen molar-refractivity contribution in [2.75, 3.05) is 6.61 Å². The molecular formula is C42H61N3O2. The fourth-order valence-electron chi connectivity index (χ4n) is 12.6. The van der Waals surface area contributed by atoms with Crippen LogP contribution in [0.2, 0.25) is 0 Å². The second-order valence-electron chi connectivity index (χ2n) is 18.8. The van der Waals surface area contributed by atoms with Crippen LogP contribution < -0.4 is 0 Å². The molecule has 2 aromatic heterocycles. The molecule has 256 valence electrons. The molecule has 2 aromatic rings. The summed E-state index contributed by atoms with van der Waals surface area (Å²) in [6.07, 6.45) is 13.8. The number of esters is 1. The van der Waals surface area contributed by atoms with Crippen LogP contribution in [0.1, 0.15) is 148 Å². The van der Waals surface area contributed by atoms with E-state index in [1.807, 2.05) is 0 Å². The van der Waals surface area contributed by atoms with Gasteiger partial charge in [0.05, 0.1) is 17.7 Å². The number of allylic oxidation sites excluding steroid dienone is 2. The first-order valence-corrected chi connectivity index (χ1v) is 18.9. The molecule has 5 nitrogen and oxygen atoms in total. The van der Waals surface area contributed by atoms with Gasteiger partial charge in [0.15, 0.2) is 0 Å². The van der Waals surface area contributed by atoms with Gasteiger partial charge in [0.1, 0.15) is 0 Å². The monoisotopic (exact) mass is 639 g/mol. The molecule has 7 rings (SSSR count). The van der Waals surface area contributed by atoms with Gasteiger partial charge in [-0.3, -0.25) is 14.9 Å². The van der Waals surface area contributed by atoms with E-state index in [-0.39, 0.29) is 39.0 Å². The molecule has 0 saturated heterocycles. The van der Waals surface area contributed by atoms with Gasteiger partial charge in [0, 0.05) is 23.0 Å². The highest BCUT2D eigenvalue weighted by atomic mass is 16.5. The first kappa shape index (κ1) is 33.1. The number of ether oxygens (including phenoxy) is 1. The van der Waals surface area contributed by atoms with Crippen molar-refractivity contribution in [2.24, 2.45) is 44.8 Å². The lowest BCUT2D eigenvalue weighted by molar-refractivity contribution is -0.180. The van der Waals surface area contributed by atoms with Gasteiger partial charge in [-0.1, -0.05) is 73.5 Å². The molecule has 3 fully saturated rings. The van der Waals surface area contributed by atoms with E-state index in [1.165, 1.54) is 40.9 Å². The number of H-pyrrole nitrogens is 1. The van der Waals surface area contributed by atoms with E-state index in [1.54, 1.807) is 5.57 Å². The number of nitrogens with zero attached hydrogens (tertiary/aromatic N) is 2. The van der Waals surface area contributed by atoms with Gasteiger partial charge in [-0.05, 0) is 140 Å². The molecule has 0 aromatic carbocycles. The Morgan fingerprint density at radius 1 is 0.979 bits per heavy atom. The summed E-state index contributed by atoms with van der Waals surface area (Å²) < 4.78 is 6.22. The molecule has 0 radical (unpaired) electrons. The molecule has 7 atom stereocenters. The third kappa shape index (κ3) is 4.55. The zero-order chi connectivity index (χ0) is 33.8. The van der Waals surface area contributed by atoms with Gasteiger partial charge in [-0.2, -0.15) is 5.10 Å². The van der Waals surface area contributed by atoms with Crippen LogP contribution in [0.5, 0.6) is 0 Å². The van der Waals surface area contributed by atoms with Gasteiger partial charge in [0.25, 0.3) is 0 Å². The molecule has 2 heterocycles. The van der Waals surface area contributed by atoms with Gasteiger partial charge in [0.2, 0.25) is 0 Å². The van der Waals surface area contributed by atoms with Crippen molar-refractivity contribution in [1.82, 2.24) is 15.2 Å². The maximum Gasteiger partial charge on any atom is 0.312 e. The Morgan fingerprint density at radius 3 is 2.43 bits per heavy atom. The number of aryl methyl sites for hydroxylation is 2. The summed E-state index contributed by atoms with van der Waals surface area (Å²) in [5.74, 6) is 1.36. The number of aromatic nitrogens is 3. The third-order valence-corrected chi connectivity index (χ3v) is 15.5. The smallest absolute Gasteiger partial charge is 0.312 e. The highest BCUT2D eigenvalue weighted by Gasteiger charge is 2.70. The predicted molar refractivity (Wildman–Crippen MR) is 190 cm³/mol. The Balaban J connectivity index is 1.44. The minimum Gasteiger partial charge on any atom is -0.465 e. The number of unbranched alkanes of at least 4 members (excludes halogenated alkanes) is 1. The van der Waals surface area contributed by atoms with Crippen LogP contribution in [0.3, 0.4) is 0 Å². The Hall–Kier alpha value is -2.43. The van der Waals surface area contributed by atoms with E-state index >= 15 is 0 Å². The van der Waals surface area contributed by atoms with Gasteiger partial charge in [-0.25, -0.2) is 0 Å². The number of rotatable bonds is 5. The number of pyridine rings is 1. The Morgan fingerprint density at radius 2 is 1.72 bits per heavy atom. The van der Waals surface area contributed by atoms with E-state index in [9.17, 15) is 4.79 Å². The van der Waals surface area contributed by atoms with Crippen LogP contribution in [-0.4, -0.2) is 27.8 Å². The van der Waals surface area contributed by atoms with E-state index in [0.717, 1.165) is 63.5 Å². The maximum atomic E-state index is 14.4. The fraction of sp³-hybridized carbons (Fsp3) is 0.738. The molecule has 5 heteroatoms. The number of carbonyl (C=O) groups excluding carboxylic acids is 1. The lowest BCUT2D eigenvalue weighted by Crippen LogP contribution is -2.65. The summed E-state index contributed by atoms with van der Waals surface area (Å²) in [5, 5.41) is 8.32. The molecular weight excluding hydrogens is 578 g/mol. The van der Waals surface area contributed by atoms with Crippen molar-refractivity contribution >= 4 is 11.5 Å². The van der Waals surface area contributed by atoms with Crippen molar-refractivity contribution in [2.45, 2.75) is 145 Å². The van der Waals surface area contributed by atoms with Gasteiger partial charge in [-0.15, -0.1) is 0 Å². The maximum absolute atomic E-state index is 14.4. The Bertz CT molecular complexity index is 1600. The van der Waals surface area contributed by atoms with E-state index < -0.39 is 5.41 Å². The SMILES string of the molecule is CCCCOC(=O)[C@]12CCC(C)(C)C[C@H]1C1=C(c3ccc(C)nc3)CC3[C@@]4(C)Cc5c(n[nH]c5C)C(C)(C)[C@@H]4CC[C@@]3(C)[C@]1(C)CC2. The summed E-state index contributed by atoms with van der Waals surface area (Å²) >= 11 is 0. The summed E-state index contributed by atoms with van der Waals surface area (Å²) in [5.41, 5.74) is 9.47. The highest BCUT2D eigenvalue weighted by molar-refractivity contribution is 5.81. The largest absolute Gasteiger partial charge is 0.465 e. The summed E-state index contributed by atoms with van der Waals surface area (Å²) in [6, 6.07) is 4.54. The van der Waals surface area contributed by atoms with Crippen LogP contribution in [0.4, 0.5) is 0 Å². The van der Waals surface area contributed by atoms with E-state index in [0.29, 0.717) is 18.4 Å². The molecule has 0 aliphatic heterocycles. The molecule has 5 aliphatic carbocycles. The number of hydrogen-bond acceptors (Lipinski definition) is 4. The first-order chi connectivity index (χ1) is 22.0. The van der Waals surface area contributed by atoms with Crippen LogP contribution in [0.25, 0.3) is 5.57 Å². The normalized spacial score (nSPS) is 38.4. The number of carbonyl (C=O) groups is 1. The molecule has 5 aliphatic rings. The Labute approximate surface area is 284 Å². The van der Waals surface area contributed by atoms with E-state index in [2.05, 4.69) is 92.7 Å².